The first-order valence-corrected chi connectivity index (χ1v) is 8.46. The first-order valence-electron chi connectivity index (χ1n) is 8.46. The van der Waals surface area contributed by atoms with E-state index < -0.39 is 0 Å². The van der Waals surface area contributed by atoms with Gasteiger partial charge in [0.05, 0.1) is 12.2 Å². The number of allylic oxidation sites excluding steroid dienone is 3. The molecule has 2 fully saturated rings. The predicted octanol–water partition coefficient (Wildman–Crippen LogP) is 3.79. The molecule has 2 aliphatic heterocycles. The standard InChI is InChI=1S/C18H26O3/c1-2-15-14-12-16-18(21-16)13(14)10-8-6-4-3-5-7-9-11-17(19)20-15/h3-4,8,10,13-16,18H,2,5-7,9,11-12H2,1H3/b4-3-,10-8-/t13-,14+,15?,16-,18+/m0/s1. The van der Waals surface area contributed by atoms with E-state index >= 15 is 0 Å². The molecule has 1 saturated heterocycles. The molecule has 2 heterocycles. The highest BCUT2D eigenvalue weighted by atomic mass is 16.6. The lowest BCUT2D eigenvalue weighted by molar-refractivity contribution is -0.153. The fourth-order valence-corrected chi connectivity index (χ4v) is 3.77. The third kappa shape index (κ3) is 3.57. The van der Waals surface area contributed by atoms with Crippen molar-refractivity contribution in [3.05, 3.63) is 24.3 Å². The van der Waals surface area contributed by atoms with E-state index in [9.17, 15) is 4.79 Å². The van der Waals surface area contributed by atoms with E-state index in [1.807, 2.05) is 0 Å². The Bertz CT molecular complexity index is 426. The summed E-state index contributed by atoms with van der Waals surface area (Å²) in [6.07, 6.45) is 16.4. The monoisotopic (exact) mass is 290 g/mol. The van der Waals surface area contributed by atoms with Gasteiger partial charge in [0.25, 0.3) is 0 Å². The predicted molar refractivity (Wildman–Crippen MR) is 81.8 cm³/mol. The maximum absolute atomic E-state index is 12.0. The highest BCUT2D eigenvalue weighted by Crippen LogP contribution is 2.49. The number of ether oxygens (including phenoxy) is 2. The molecule has 0 bridgehead atoms. The minimum Gasteiger partial charge on any atom is -0.462 e. The fourth-order valence-electron chi connectivity index (χ4n) is 3.77. The van der Waals surface area contributed by atoms with Gasteiger partial charge in [-0.2, -0.15) is 0 Å². The summed E-state index contributed by atoms with van der Waals surface area (Å²) in [5.41, 5.74) is 0. The Hall–Kier alpha value is -1.09. The molecule has 1 saturated carbocycles. The number of carbonyl (C=O) groups excluding carboxylic acids is 1. The molecule has 3 heteroatoms. The first kappa shape index (κ1) is 14.8. The van der Waals surface area contributed by atoms with E-state index in [-0.39, 0.29) is 12.1 Å². The van der Waals surface area contributed by atoms with E-state index in [2.05, 4.69) is 31.2 Å². The molecule has 3 rings (SSSR count). The Kier molecular flexibility index (Phi) is 4.79. The van der Waals surface area contributed by atoms with E-state index in [0.29, 0.717) is 30.5 Å². The van der Waals surface area contributed by atoms with Crippen LogP contribution in [0.5, 0.6) is 0 Å². The Balaban J connectivity index is 1.72. The zero-order valence-electron chi connectivity index (χ0n) is 12.9. The average Bonchev–Trinajstić information content (AvgIpc) is 3.16. The van der Waals surface area contributed by atoms with E-state index in [0.717, 1.165) is 38.5 Å². The highest BCUT2D eigenvalue weighted by molar-refractivity contribution is 5.69. The van der Waals surface area contributed by atoms with Crippen LogP contribution in [0.3, 0.4) is 0 Å². The number of epoxide rings is 1. The van der Waals surface area contributed by atoms with Crippen LogP contribution >= 0.6 is 0 Å². The molecule has 21 heavy (non-hydrogen) atoms. The number of hydrogen-bond acceptors (Lipinski definition) is 3. The van der Waals surface area contributed by atoms with Crippen LogP contribution in [0.4, 0.5) is 0 Å². The van der Waals surface area contributed by atoms with Crippen LogP contribution in [0.15, 0.2) is 24.3 Å². The zero-order chi connectivity index (χ0) is 14.7. The molecule has 0 aromatic heterocycles. The number of cyclic esters (lactones) is 1. The van der Waals surface area contributed by atoms with Gasteiger partial charge in [0.15, 0.2) is 0 Å². The van der Waals surface area contributed by atoms with E-state index in [1.54, 1.807) is 0 Å². The Morgan fingerprint density at radius 3 is 3.00 bits per heavy atom. The molecule has 0 radical (unpaired) electrons. The van der Waals surface area contributed by atoms with Crippen LogP contribution in [0.25, 0.3) is 0 Å². The van der Waals surface area contributed by atoms with Gasteiger partial charge >= 0.3 is 5.97 Å². The van der Waals surface area contributed by atoms with Crippen molar-refractivity contribution in [1.29, 1.82) is 0 Å². The van der Waals surface area contributed by atoms with Crippen molar-refractivity contribution in [2.75, 3.05) is 0 Å². The minimum absolute atomic E-state index is 0.0212. The van der Waals surface area contributed by atoms with Crippen molar-refractivity contribution in [3.63, 3.8) is 0 Å². The number of fused-ring (bicyclic) bond motifs is 3. The second-order valence-electron chi connectivity index (χ2n) is 6.43. The van der Waals surface area contributed by atoms with Crippen molar-refractivity contribution in [2.24, 2.45) is 11.8 Å². The van der Waals surface area contributed by atoms with E-state index in [4.69, 9.17) is 9.47 Å². The minimum atomic E-state index is -0.0212. The van der Waals surface area contributed by atoms with Crippen LogP contribution in [0.2, 0.25) is 0 Å². The van der Waals surface area contributed by atoms with Gasteiger partial charge in [-0.15, -0.1) is 0 Å². The molecular formula is C18H26O3. The molecule has 116 valence electrons. The Morgan fingerprint density at radius 1 is 1.24 bits per heavy atom. The molecule has 0 N–H and O–H groups in total. The lowest BCUT2D eigenvalue weighted by Crippen LogP contribution is -2.31. The van der Waals surface area contributed by atoms with Gasteiger partial charge in [0, 0.05) is 18.3 Å². The lowest BCUT2D eigenvalue weighted by Gasteiger charge is -2.28. The maximum Gasteiger partial charge on any atom is 0.306 e. The summed E-state index contributed by atoms with van der Waals surface area (Å²) < 4.78 is 11.5. The molecule has 3 aliphatic rings. The number of rotatable bonds is 1. The largest absolute Gasteiger partial charge is 0.462 e. The molecule has 0 amide bonds. The topological polar surface area (TPSA) is 38.8 Å². The second kappa shape index (κ2) is 6.78. The molecule has 1 aliphatic carbocycles. The van der Waals surface area contributed by atoms with Crippen molar-refractivity contribution in [2.45, 2.75) is 70.2 Å². The number of carbonyl (C=O) groups is 1. The smallest absolute Gasteiger partial charge is 0.306 e. The summed E-state index contributed by atoms with van der Waals surface area (Å²) in [6, 6.07) is 0. The quantitative estimate of drug-likeness (QED) is 0.419. The van der Waals surface area contributed by atoms with Crippen LogP contribution in [-0.4, -0.2) is 24.3 Å². The highest BCUT2D eigenvalue weighted by Gasteiger charge is 2.56. The van der Waals surface area contributed by atoms with Gasteiger partial charge in [-0.05, 0) is 38.5 Å². The first-order chi connectivity index (χ1) is 10.3. The molecular weight excluding hydrogens is 264 g/mol. The third-order valence-electron chi connectivity index (χ3n) is 4.96. The van der Waals surface area contributed by atoms with Crippen LogP contribution in [-0.2, 0) is 14.3 Å². The summed E-state index contributed by atoms with van der Waals surface area (Å²) in [6.45, 7) is 2.12. The maximum atomic E-state index is 12.0. The van der Waals surface area contributed by atoms with Gasteiger partial charge in [-0.1, -0.05) is 31.2 Å². The van der Waals surface area contributed by atoms with E-state index in [1.165, 1.54) is 0 Å². The fraction of sp³-hybridized carbons (Fsp3) is 0.722. The summed E-state index contributed by atoms with van der Waals surface area (Å²) >= 11 is 0. The van der Waals surface area contributed by atoms with Gasteiger partial charge in [-0.3, -0.25) is 4.79 Å². The summed E-state index contributed by atoms with van der Waals surface area (Å²) in [7, 11) is 0. The Morgan fingerprint density at radius 2 is 2.14 bits per heavy atom. The average molecular weight is 290 g/mol. The number of hydrogen-bond donors (Lipinski definition) is 0. The van der Waals surface area contributed by atoms with Crippen molar-refractivity contribution in [1.82, 2.24) is 0 Å². The third-order valence-corrected chi connectivity index (χ3v) is 4.96. The molecule has 0 aromatic carbocycles. The number of esters is 1. The summed E-state index contributed by atoms with van der Waals surface area (Å²) in [5.74, 6) is 0.835. The molecule has 0 spiro atoms. The summed E-state index contributed by atoms with van der Waals surface area (Å²) in [4.78, 5) is 12.0. The van der Waals surface area contributed by atoms with Crippen LogP contribution in [0, 0.1) is 11.8 Å². The van der Waals surface area contributed by atoms with Gasteiger partial charge in [0.2, 0.25) is 0 Å². The zero-order valence-corrected chi connectivity index (χ0v) is 12.9. The normalized spacial score (nSPS) is 43.1. The van der Waals surface area contributed by atoms with Gasteiger partial charge < -0.3 is 9.47 Å². The van der Waals surface area contributed by atoms with Crippen molar-refractivity contribution in [3.8, 4) is 0 Å². The SMILES string of the molecule is CCC1OC(=O)CCCC/C=C\C/C=C\[C@@H]2[C@H]3O[C@H]3C[C@@H]12. The van der Waals surface area contributed by atoms with Crippen molar-refractivity contribution >= 4 is 5.97 Å². The molecule has 5 atom stereocenters. The van der Waals surface area contributed by atoms with Gasteiger partial charge in [0.1, 0.15) is 6.10 Å². The summed E-state index contributed by atoms with van der Waals surface area (Å²) in [5, 5.41) is 0. The lowest BCUT2D eigenvalue weighted by atomic mass is 9.87. The molecule has 1 unspecified atom stereocenters. The van der Waals surface area contributed by atoms with Crippen molar-refractivity contribution < 1.29 is 14.3 Å². The Labute approximate surface area is 127 Å². The second-order valence-corrected chi connectivity index (χ2v) is 6.43. The van der Waals surface area contributed by atoms with Crippen LogP contribution in [0.1, 0.15) is 51.9 Å². The van der Waals surface area contributed by atoms with Crippen LogP contribution < -0.4 is 0 Å². The molecule has 3 nitrogen and oxygen atoms in total. The molecule has 0 aromatic rings. The van der Waals surface area contributed by atoms with Gasteiger partial charge in [-0.25, -0.2) is 0 Å².